The fourth-order valence-corrected chi connectivity index (χ4v) is 4.71. The SMILES string of the molecule is O=C(O)CN(CCO)C(=O)Cc1csc(NC(=O)OCC2c3ccccc3-c3ccccc32)n1. The number of aromatic nitrogens is 1. The Hall–Kier alpha value is -3.76. The number of aliphatic hydroxyl groups is 1. The summed E-state index contributed by atoms with van der Waals surface area (Å²) in [5.74, 6) is -1.71. The van der Waals surface area contributed by atoms with Crippen LogP contribution in [0.5, 0.6) is 0 Å². The van der Waals surface area contributed by atoms with E-state index in [4.69, 9.17) is 14.9 Å². The van der Waals surface area contributed by atoms with Gasteiger partial charge in [0.15, 0.2) is 5.13 Å². The first-order valence-corrected chi connectivity index (χ1v) is 11.5. The van der Waals surface area contributed by atoms with Crippen LogP contribution >= 0.6 is 11.3 Å². The molecule has 1 aliphatic rings. The average molecular weight is 482 g/mol. The van der Waals surface area contributed by atoms with E-state index in [-0.39, 0.29) is 37.2 Å². The van der Waals surface area contributed by atoms with Crippen LogP contribution in [0.4, 0.5) is 9.93 Å². The summed E-state index contributed by atoms with van der Waals surface area (Å²) in [5.41, 5.74) is 4.89. The lowest BCUT2D eigenvalue weighted by Gasteiger charge is -2.18. The van der Waals surface area contributed by atoms with Crippen LogP contribution in [0.25, 0.3) is 11.1 Å². The van der Waals surface area contributed by atoms with Crippen LogP contribution in [-0.4, -0.2) is 64.4 Å². The molecule has 2 amide bonds. The lowest BCUT2D eigenvalue weighted by Crippen LogP contribution is -2.38. The number of rotatable bonds is 9. The van der Waals surface area contributed by atoms with E-state index in [2.05, 4.69) is 22.4 Å². The van der Waals surface area contributed by atoms with Gasteiger partial charge in [-0.25, -0.2) is 9.78 Å². The largest absolute Gasteiger partial charge is 0.480 e. The molecule has 0 bridgehead atoms. The maximum Gasteiger partial charge on any atom is 0.413 e. The van der Waals surface area contributed by atoms with E-state index in [0.29, 0.717) is 5.69 Å². The van der Waals surface area contributed by atoms with Gasteiger partial charge in [0.25, 0.3) is 0 Å². The minimum Gasteiger partial charge on any atom is -0.480 e. The molecular formula is C24H23N3O6S. The number of thiazole rings is 1. The van der Waals surface area contributed by atoms with Gasteiger partial charge < -0.3 is 19.8 Å². The van der Waals surface area contributed by atoms with Gasteiger partial charge in [0, 0.05) is 17.8 Å². The lowest BCUT2D eigenvalue weighted by atomic mass is 9.98. The second kappa shape index (κ2) is 10.4. The summed E-state index contributed by atoms with van der Waals surface area (Å²) < 4.78 is 5.50. The van der Waals surface area contributed by atoms with Crippen LogP contribution in [0.3, 0.4) is 0 Å². The second-order valence-electron chi connectivity index (χ2n) is 7.70. The molecule has 0 radical (unpaired) electrons. The number of hydrogen-bond acceptors (Lipinski definition) is 7. The van der Waals surface area contributed by atoms with Gasteiger partial charge in [-0.2, -0.15) is 0 Å². The van der Waals surface area contributed by atoms with E-state index in [1.54, 1.807) is 5.38 Å². The Kier molecular flexibility index (Phi) is 7.19. The summed E-state index contributed by atoms with van der Waals surface area (Å²) in [6.07, 6.45) is -0.794. The Bertz CT molecular complexity index is 1170. The number of carbonyl (C=O) groups excluding carboxylic acids is 2. The smallest absolute Gasteiger partial charge is 0.413 e. The number of fused-ring (bicyclic) bond motifs is 3. The van der Waals surface area contributed by atoms with E-state index in [0.717, 1.165) is 38.5 Å². The number of hydrogen-bond donors (Lipinski definition) is 3. The van der Waals surface area contributed by atoms with Gasteiger partial charge in [-0.1, -0.05) is 48.5 Å². The molecule has 34 heavy (non-hydrogen) atoms. The maximum atomic E-state index is 12.4. The molecule has 0 fully saturated rings. The third-order valence-corrected chi connectivity index (χ3v) is 6.29. The van der Waals surface area contributed by atoms with Crippen LogP contribution in [-0.2, 0) is 20.7 Å². The lowest BCUT2D eigenvalue weighted by molar-refractivity contribution is -0.144. The van der Waals surface area contributed by atoms with Crippen molar-refractivity contribution in [3.05, 3.63) is 70.7 Å². The molecule has 0 saturated heterocycles. The summed E-state index contributed by atoms with van der Waals surface area (Å²) in [7, 11) is 0. The number of benzene rings is 2. The summed E-state index contributed by atoms with van der Waals surface area (Å²) in [6, 6.07) is 16.1. The molecule has 1 heterocycles. The van der Waals surface area contributed by atoms with E-state index < -0.39 is 24.5 Å². The predicted octanol–water partition coefficient (Wildman–Crippen LogP) is 2.95. The molecule has 0 spiro atoms. The van der Waals surface area contributed by atoms with Crippen molar-refractivity contribution in [1.29, 1.82) is 0 Å². The highest BCUT2D eigenvalue weighted by atomic mass is 32.1. The number of amides is 2. The average Bonchev–Trinajstić information content (AvgIpc) is 3.39. The van der Waals surface area contributed by atoms with Crippen molar-refractivity contribution < 1.29 is 29.3 Å². The fraction of sp³-hybridized carbons (Fsp3) is 0.250. The summed E-state index contributed by atoms with van der Waals surface area (Å²) in [5, 5.41) is 22.4. The summed E-state index contributed by atoms with van der Waals surface area (Å²) in [6.45, 7) is -0.763. The van der Waals surface area contributed by atoms with Crippen molar-refractivity contribution in [2.45, 2.75) is 12.3 Å². The topological polar surface area (TPSA) is 129 Å². The number of carbonyl (C=O) groups is 3. The zero-order valence-corrected chi connectivity index (χ0v) is 19.0. The van der Waals surface area contributed by atoms with Crippen molar-refractivity contribution in [2.24, 2.45) is 0 Å². The minimum atomic E-state index is -1.17. The normalized spacial score (nSPS) is 12.0. The fourth-order valence-electron chi connectivity index (χ4n) is 4.01. The number of nitrogens with one attached hydrogen (secondary N) is 1. The van der Waals surface area contributed by atoms with Crippen molar-refractivity contribution in [1.82, 2.24) is 9.88 Å². The molecule has 1 aromatic heterocycles. The zero-order chi connectivity index (χ0) is 24.1. The molecule has 0 atom stereocenters. The van der Waals surface area contributed by atoms with Crippen LogP contribution in [0.15, 0.2) is 53.9 Å². The first-order valence-electron chi connectivity index (χ1n) is 10.6. The molecule has 2 aromatic carbocycles. The van der Waals surface area contributed by atoms with E-state index in [9.17, 15) is 14.4 Å². The number of nitrogens with zero attached hydrogens (tertiary/aromatic N) is 2. The predicted molar refractivity (Wildman–Crippen MR) is 126 cm³/mol. The Morgan fingerprint density at radius 2 is 1.71 bits per heavy atom. The summed E-state index contributed by atoms with van der Waals surface area (Å²) >= 11 is 1.13. The second-order valence-corrected chi connectivity index (χ2v) is 8.56. The molecule has 9 nitrogen and oxygen atoms in total. The van der Waals surface area contributed by atoms with Crippen molar-refractivity contribution in [3.63, 3.8) is 0 Å². The molecule has 3 aromatic rings. The highest BCUT2D eigenvalue weighted by Gasteiger charge is 2.29. The van der Waals surface area contributed by atoms with Crippen molar-refractivity contribution in [2.75, 3.05) is 31.6 Å². The number of aliphatic carboxylic acids is 1. The van der Waals surface area contributed by atoms with Gasteiger partial charge in [-0.3, -0.25) is 14.9 Å². The number of aliphatic hydroxyl groups excluding tert-OH is 1. The highest BCUT2D eigenvalue weighted by Crippen LogP contribution is 2.44. The number of carboxylic acids is 1. The molecule has 1 aliphatic carbocycles. The molecule has 0 saturated carbocycles. The minimum absolute atomic E-state index is 0.0608. The van der Waals surface area contributed by atoms with Gasteiger partial charge >= 0.3 is 12.1 Å². The number of ether oxygens (including phenoxy) is 1. The molecule has 0 unspecified atom stereocenters. The molecule has 0 aliphatic heterocycles. The zero-order valence-electron chi connectivity index (χ0n) is 18.1. The first-order chi connectivity index (χ1) is 16.5. The van der Waals surface area contributed by atoms with E-state index >= 15 is 0 Å². The Balaban J connectivity index is 1.34. The Morgan fingerprint density at radius 3 is 2.32 bits per heavy atom. The standard InChI is InChI=1S/C24H23N3O6S/c28-10-9-27(12-22(30)31)21(29)11-15-14-34-23(25-15)26-24(32)33-13-20-18-7-3-1-5-16(18)17-6-2-4-8-19(17)20/h1-8,14,20,28H,9-13H2,(H,30,31)(H,25,26,32). The number of anilines is 1. The molecule has 10 heteroatoms. The van der Waals surface area contributed by atoms with Gasteiger partial charge in [-0.05, 0) is 22.3 Å². The Labute approximate surface area is 199 Å². The van der Waals surface area contributed by atoms with Crippen LogP contribution < -0.4 is 5.32 Å². The van der Waals surface area contributed by atoms with Crippen molar-refractivity contribution in [3.8, 4) is 11.1 Å². The van der Waals surface area contributed by atoms with Crippen LogP contribution in [0.1, 0.15) is 22.7 Å². The molecule has 4 rings (SSSR count). The van der Waals surface area contributed by atoms with Crippen LogP contribution in [0.2, 0.25) is 0 Å². The van der Waals surface area contributed by atoms with E-state index in [1.807, 2.05) is 36.4 Å². The third-order valence-electron chi connectivity index (χ3n) is 5.49. The monoisotopic (exact) mass is 481 g/mol. The van der Waals surface area contributed by atoms with Gasteiger partial charge in [0.2, 0.25) is 5.91 Å². The van der Waals surface area contributed by atoms with Crippen LogP contribution in [0, 0.1) is 0 Å². The number of carboxylic acid groups (broad SMARTS) is 1. The third kappa shape index (κ3) is 5.24. The summed E-state index contributed by atoms with van der Waals surface area (Å²) in [4.78, 5) is 40.9. The van der Waals surface area contributed by atoms with E-state index in [1.165, 1.54) is 0 Å². The van der Waals surface area contributed by atoms with Gasteiger partial charge in [0.05, 0.1) is 18.7 Å². The van der Waals surface area contributed by atoms with Gasteiger partial charge in [-0.15, -0.1) is 11.3 Å². The van der Waals surface area contributed by atoms with Gasteiger partial charge in [0.1, 0.15) is 13.2 Å². The molecular weight excluding hydrogens is 458 g/mol. The quantitative estimate of drug-likeness (QED) is 0.428. The molecule has 3 N–H and O–H groups in total. The Morgan fingerprint density at radius 1 is 1.06 bits per heavy atom. The maximum absolute atomic E-state index is 12.4. The first kappa shape index (κ1) is 23.4. The molecule has 176 valence electrons. The van der Waals surface area contributed by atoms with Crippen molar-refractivity contribution >= 4 is 34.4 Å². The highest BCUT2D eigenvalue weighted by molar-refractivity contribution is 7.13.